The van der Waals surface area contributed by atoms with Gasteiger partial charge in [-0.05, 0) is 70.0 Å². The van der Waals surface area contributed by atoms with Crippen LogP contribution >= 0.6 is 23.2 Å². The Kier molecular flexibility index (Phi) is 6.71. The maximum atomic E-state index is 9.87. The zero-order chi connectivity index (χ0) is 22.8. The summed E-state index contributed by atoms with van der Waals surface area (Å²) in [6.07, 6.45) is 6.01. The monoisotopic (exact) mass is 469 g/mol. The summed E-state index contributed by atoms with van der Waals surface area (Å²) in [4.78, 5) is 11.5. The Hall–Kier alpha value is -2.59. The molecule has 0 unspecified atom stereocenters. The van der Waals surface area contributed by atoms with Crippen LogP contribution in [0.4, 0.5) is 5.69 Å². The zero-order valence-corrected chi connectivity index (χ0v) is 19.6. The number of hydrogen-bond acceptors (Lipinski definition) is 6. The maximum Gasteiger partial charge on any atom is 0.152 e. The van der Waals surface area contributed by atoms with Crippen molar-refractivity contribution in [1.82, 2.24) is 14.9 Å². The fourth-order valence-corrected chi connectivity index (χ4v) is 4.87. The molecular formula is C24H25Cl2N5O. The molecule has 0 spiro atoms. The molecule has 1 saturated carbocycles. The lowest BCUT2D eigenvalue weighted by molar-refractivity contribution is 0.255. The topological polar surface area (TPSA) is 85.1 Å². The van der Waals surface area contributed by atoms with E-state index in [0.29, 0.717) is 39.5 Å². The van der Waals surface area contributed by atoms with Crippen LogP contribution in [0.3, 0.4) is 0 Å². The van der Waals surface area contributed by atoms with Crippen LogP contribution in [0.2, 0.25) is 10.0 Å². The third-order valence-electron chi connectivity index (χ3n) is 5.96. The molecule has 1 aliphatic carbocycles. The predicted molar refractivity (Wildman–Crippen MR) is 129 cm³/mol. The molecule has 8 heteroatoms. The SMILES string of the molecule is CN(C)CC1CCC(Nc2c(C#N)cnc3ccc(-c4cc(Cl)c(O)c(Cl)c4)nc23)CC1. The van der Waals surface area contributed by atoms with Crippen molar-refractivity contribution in [3.8, 4) is 23.1 Å². The van der Waals surface area contributed by atoms with Gasteiger partial charge in [-0.25, -0.2) is 4.98 Å². The van der Waals surface area contributed by atoms with Crippen molar-refractivity contribution in [1.29, 1.82) is 5.26 Å². The van der Waals surface area contributed by atoms with Crippen LogP contribution in [0.25, 0.3) is 22.3 Å². The van der Waals surface area contributed by atoms with Gasteiger partial charge < -0.3 is 15.3 Å². The largest absolute Gasteiger partial charge is 0.505 e. The van der Waals surface area contributed by atoms with Crippen molar-refractivity contribution in [3.63, 3.8) is 0 Å². The van der Waals surface area contributed by atoms with E-state index in [-0.39, 0.29) is 21.8 Å². The number of phenolic OH excluding ortho intramolecular Hbond substituents is 1. The molecule has 0 amide bonds. The number of benzene rings is 1. The first-order valence-corrected chi connectivity index (χ1v) is 11.4. The van der Waals surface area contributed by atoms with E-state index in [1.807, 2.05) is 12.1 Å². The van der Waals surface area contributed by atoms with Crippen molar-refractivity contribution in [2.75, 3.05) is 26.0 Å². The zero-order valence-electron chi connectivity index (χ0n) is 18.1. The standard InChI is InChI=1S/C24H25Cl2N5O/c1-31(2)13-14-3-5-17(6-4-14)29-22-16(11-27)12-28-21-8-7-20(30-23(21)22)15-9-18(25)24(32)19(26)10-15/h7-10,12,14,17,32H,3-6,13H2,1-2H3,(H,28,29). The number of aromatic nitrogens is 2. The third-order valence-corrected chi connectivity index (χ3v) is 6.54. The van der Waals surface area contributed by atoms with E-state index in [1.165, 1.54) is 0 Å². The van der Waals surface area contributed by atoms with Crippen LogP contribution in [0.15, 0.2) is 30.5 Å². The summed E-state index contributed by atoms with van der Waals surface area (Å²) in [6, 6.07) is 9.48. The number of nitrogens with one attached hydrogen (secondary N) is 1. The summed E-state index contributed by atoms with van der Waals surface area (Å²) in [7, 11) is 4.23. The molecule has 0 saturated heterocycles. The van der Waals surface area contributed by atoms with E-state index in [9.17, 15) is 10.4 Å². The van der Waals surface area contributed by atoms with Gasteiger partial charge in [0.2, 0.25) is 0 Å². The fraction of sp³-hybridized carbons (Fsp3) is 0.375. The van der Waals surface area contributed by atoms with Crippen molar-refractivity contribution < 1.29 is 5.11 Å². The maximum absolute atomic E-state index is 9.87. The summed E-state index contributed by atoms with van der Waals surface area (Å²) in [6.45, 7) is 1.11. The van der Waals surface area contributed by atoms with Gasteiger partial charge in [-0.1, -0.05) is 23.2 Å². The van der Waals surface area contributed by atoms with Crippen LogP contribution in [0, 0.1) is 17.2 Å². The van der Waals surface area contributed by atoms with E-state index in [1.54, 1.807) is 18.3 Å². The second kappa shape index (κ2) is 9.50. The number of fused-ring (bicyclic) bond motifs is 1. The normalized spacial score (nSPS) is 18.6. The highest BCUT2D eigenvalue weighted by atomic mass is 35.5. The van der Waals surface area contributed by atoms with Crippen LogP contribution in [-0.2, 0) is 0 Å². The van der Waals surface area contributed by atoms with Crippen molar-refractivity contribution >= 4 is 39.9 Å². The minimum absolute atomic E-state index is 0.154. The summed E-state index contributed by atoms with van der Waals surface area (Å²) in [5.41, 5.74) is 3.84. The van der Waals surface area contributed by atoms with Crippen molar-refractivity contribution in [2.45, 2.75) is 31.7 Å². The summed E-state index contributed by atoms with van der Waals surface area (Å²) >= 11 is 12.2. The molecule has 2 N–H and O–H groups in total. The Labute approximate surface area is 197 Å². The van der Waals surface area contributed by atoms with Crippen LogP contribution in [0.5, 0.6) is 5.75 Å². The van der Waals surface area contributed by atoms with Gasteiger partial charge in [-0.3, -0.25) is 4.98 Å². The Morgan fingerprint density at radius 3 is 2.47 bits per heavy atom. The van der Waals surface area contributed by atoms with Gasteiger partial charge in [0.25, 0.3) is 0 Å². The number of nitriles is 1. The van der Waals surface area contributed by atoms with Gasteiger partial charge in [-0.2, -0.15) is 5.26 Å². The third kappa shape index (κ3) is 4.75. The Bertz CT molecular complexity index is 1160. The van der Waals surface area contributed by atoms with Gasteiger partial charge in [-0.15, -0.1) is 0 Å². The molecule has 1 fully saturated rings. The highest BCUT2D eigenvalue weighted by Crippen LogP contribution is 2.37. The van der Waals surface area contributed by atoms with Crippen LogP contribution in [0.1, 0.15) is 31.2 Å². The Balaban J connectivity index is 1.67. The molecule has 32 heavy (non-hydrogen) atoms. The molecule has 0 bridgehead atoms. The highest BCUT2D eigenvalue weighted by Gasteiger charge is 2.23. The van der Waals surface area contributed by atoms with Crippen LogP contribution in [-0.4, -0.2) is 46.7 Å². The van der Waals surface area contributed by atoms with Gasteiger partial charge in [0.15, 0.2) is 5.75 Å². The smallest absolute Gasteiger partial charge is 0.152 e. The average Bonchev–Trinajstić information content (AvgIpc) is 2.78. The summed E-state index contributed by atoms with van der Waals surface area (Å²) < 4.78 is 0. The first kappa shape index (κ1) is 22.6. The van der Waals surface area contributed by atoms with Gasteiger partial charge in [0.05, 0.1) is 32.5 Å². The number of nitrogens with zero attached hydrogens (tertiary/aromatic N) is 4. The quantitative estimate of drug-likeness (QED) is 0.497. The molecule has 4 rings (SSSR count). The molecule has 3 aromatic rings. The molecule has 0 atom stereocenters. The molecule has 0 aliphatic heterocycles. The van der Waals surface area contributed by atoms with E-state index in [2.05, 4.69) is 35.4 Å². The lowest BCUT2D eigenvalue weighted by atomic mass is 9.85. The fourth-order valence-electron chi connectivity index (χ4n) is 4.38. The van der Waals surface area contributed by atoms with Crippen LogP contribution < -0.4 is 5.32 Å². The van der Waals surface area contributed by atoms with E-state index in [4.69, 9.17) is 28.2 Å². The second-order valence-electron chi connectivity index (χ2n) is 8.64. The number of anilines is 1. The number of aromatic hydroxyl groups is 1. The molecule has 2 aromatic heterocycles. The average molecular weight is 470 g/mol. The van der Waals surface area contributed by atoms with E-state index < -0.39 is 0 Å². The lowest BCUT2D eigenvalue weighted by Crippen LogP contribution is -2.31. The number of halogens is 2. The summed E-state index contributed by atoms with van der Waals surface area (Å²) in [5, 5.41) is 23.5. The van der Waals surface area contributed by atoms with E-state index >= 15 is 0 Å². The predicted octanol–water partition coefficient (Wildman–Crippen LogP) is 5.71. The van der Waals surface area contributed by atoms with Gasteiger partial charge >= 0.3 is 0 Å². The Morgan fingerprint density at radius 2 is 1.84 bits per heavy atom. The molecule has 1 aromatic carbocycles. The summed E-state index contributed by atoms with van der Waals surface area (Å²) in [5.74, 6) is 0.555. The van der Waals surface area contributed by atoms with Gasteiger partial charge in [0, 0.05) is 24.3 Å². The Morgan fingerprint density at radius 1 is 1.16 bits per heavy atom. The van der Waals surface area contributed by atoms with Gasteiger partial charge in [0.1, 0.15) is 11.6 Å². The number of phenols is 1. The lowest BCUT2D eigenvalue weighted by Gasteiger charge is -2.31. The minimum atomic E-state index is -0.154. The van der Waals surface area contributed by atoms with Crippen molar-refractivity contribution in [2.24, 2.45) is 5.92 Å². The molecule has 6 nitrogen and oxygen atoms in total. The molecule has 2 heterocycles. The minimum Gasteiger partial charge on any atom is -0.505 e. The first-order valence-electron chi connectivity index (χ1n) is 10.6. The molecule has 1 aliphatic rings. The molecule has 166 valence electrons. The molecular weight excluding hydrogens is 445 g/mol. The second-order valence-corrected chi connectivity index (χ2v) is 9.45. The number of pyridine rings is 2. The van der Waals surface area contributed by atoms with E-state index in [0.717, 1.165) is 32.2 Å². The molecule has 0 radical (unpaired) electrons. The first-order chi connectivity index (χ1) is 15.4. The highest BCUT2D eigenvalue weighted by molar-refractivity contribution is 6.37. The number of hydrogen-bond donors (Lipinski definition) is 2. The number of rotatable bonds is 5. The van der Waals surface area contributed by atoms with Crippen molar-refractivity contribution in [3.05, 3.63) is 46.1 Å².